The van der Waals surface area contributed by atoms with Gasteiger partial charge in [0.25, 0.3) is 0 Å². The topological polar surface area (TPSA) is 86.8 Å². The molecular weight excluding hydrogens is 521 g/mol. The van der Waals surface area contributed by atoms with Crippen molar-refractivity contribution in [3.8, 4) is 0 Å². The van der Waals surface area contributed by atoms with Gasteiger partial charge in [0.1, 0.15) is 6.04 Å². The van der Waals surface area contributed by atoms with Gasteiger partial charge in [-0.25, -0.2) is 8.42 Å². The van der Waals surface area contributed by atoms with Gasteiger partial charge in [-0.15, -0.1) is 0 Å². The van der Waals surface area contributed by atoms with E-state index in [1.165, 1.54) is 4.31 Å². The number of nitrogens with one attached hydrogen (secondary N) is 1. The molecule has 0 radical (unpaired) electrons. The third-order valence-corrected chi connectivity index (χ3v) is 7.58. The maximum Gasteiger partial charge on any atom is 0.243 e. The number of amides is 2. The molecule has 0 aliphatic carbocycles. The molecule has 10 heteroatoms. The highest BCUT2D eigenvalue weighted by Gasteiger charge is 2.29. The molecule has 2 rings (SSSR count). The van der Waals surface area contributed by atoms with E-state index in [0.29, 0.717) is 22.2 Å². The third-order valence-electron chi connectivity index (χ3n) is 5.90. The molecule has 198 valence electrons. The van der Waals surface area contributed by atoms with Gasteiger partial charge in [-0.2, -0.15) is 0 Å². The summed E-state index contributed by atoms with van der Waals surface area (Å²) in [6, 6.07) is 13.1. The largest absolute Gasteiger partial charge is 0.352 e. The Labute approximate surface area is 224 Å². The number of rotatable bonds is 13. The summed E-state index contributed by atoms with van der Waals surface area (Å²) in [5, 5.41) is 3.98. The van der Waals surface area contributed by atoms with Crippen LogP contribution in [-0.4, -0.2) is 50.0 Å². The van der Waals surface area contributed by atoms with E-state index in [-0.39, 0.29) is 43.8 Å². The molecule has 2 amide bonds. The predicted molar refractivity (Wildman–Crippen MR) is 147 cm³/mol. The molecule has 0 fully saturated rings. The van der Waals surface area contributed by atoms with Gasteiger partial charge in [0, 0.05) is 35.6 Å². The van der Waals surface area contributed by atoms with Crippen molar-refractivity contribution in [3.05, 3.63) is 64.1 Å². The normalized spacial score (nSPS) is 13.1. The number of benzene rings is 2. The van der Waals surface area contributed by atoms with Crippen LogP contribution in [0.3, 0.4) is 0 Å². The van der Waals surface area contributed by atoms with Gasteiger partial charge in [-0.05, 0) is 62.1 Å². The van der Waals surface area contributed by atoms with Crippen molar-refractivity contribution in [2.75, 3.05) is 17.1 Å². The molecule has 0 saturated carbocycles. The van der Waals surface area contributed by atoms with Crippen molar-refractivity contribution >= 4 is 50.7 Å². The molecular formula is C26H35Cl2N3O4S. The van der Waals surface area contributed by atoms with Gasteiger partial charge < -0.3 is 10.2 Å². The lowest BCUT2D eigenvalue weighted by molar-refractivity contribution is -0.141. The fourth-order valence-corrected chi connectivity index (χ4v) is 5.05. The van der Waals surface area contributed by atoms with Crippen molar-refractivity contribution < 1.29 is 18.0 Å². The summed E-state index contributed by atoms with van der Waals surface area (Å²) < 4.78 is 26.1. The minimum Gasteiger partial charge on any atom is -0.352 e. The second-order valence-electron chi connectivity index (χ2n) is 8.81. The molecule has 0 heterocycles. The number of sulfonamides is 1. The zero-order valence-corrected chi connectivity index (χ0v) is 23.5. The molecule has 0 bridgehead atoms. The van der Waals surface area contributed by atoms with Crippen molar-refractivity contribution in [1.29, 1.82) is 0 Å². The van der Waals surface area contributed by atoms with Crippen LogP contribution in [0.5, 0.6) is 0 Å². The number of carbonyl (C=O) groups is 2. The van der Waals surface area contributed by atoms with Crippen LogP contribution < -0.4 is 9.62 Å². The first-order valence-electron chi connectivity index (χ1n) is 12.0. The SMILES string of the molecule is CCC(C)NC(=O)C(CC)N(Cc1ccc(Cl)cc1)C(=O)CCCN(c1cccc(Cl)c1)S(C)(=O)=O. The Morgan fingerprint density at radius 1 is 1.00 bits per heavy atom. The summed E-state index contributed by atoms with van der Waals surface area (Å²) in [7, 11) is -3.58. The zero-order chi connectivity index (χ0) is 26.9. The monoisotopic (exact) mass is 555 g/mol. The van der Waals surface area contributed by atoms with Crippen LogP contribution in [0, 0.1) is 0 Å². The summed E-state index contributed by atoms with van der Waals surface area (Å²) in [6.07, 6.45) is 2.69. The Bertz CT molecular complexity index is 1130. The van der Waals surface area contributed by atoms with E-state index in [0.717, 1.165) is 18.2 Å². The minimum absolute atomic E-state index is 0.0138. The van der Waals surface area contributed by atoms with Crippen molar-refractivity contribution in [2.24, 2.45) is 0 Å². The Morgan fingerprint density at radius 2 is 1.67 bits per heavy atom. The first kappa shape index (κ1) is 29.9. The van der Waals surface area contributed by atoms with Crippen LogP contribution in [0.15, 0.2) is 48.5 Å². The summed E-state index contributed by atoms with van der Waals surface area (Å²) >= 11 is 12.1. The Morgan fingerprint density at radius 3 is 2.22 bits per heavy atom. The summed E-state index contributed by atoms with van der Waals surface area (Å²) in [6.45, 7) is 6.12. The molecule has 2 atom stereocenters. The number of hydrogen-bond acceptors (Lipinski definition) is 4. The van der Waals surface area contributed by atoms with Crippen molar-refractivity contribution in [2.45, 2.75) is 65.1 Å². The number of halogens is 2. The highest BCUT2D eigenvalue weighted by Crippen LogP contribution is 2.23. The van der Waals surface area contributed by atoms with E-state index in [4.69, 9.17) is 23.2 Å². The first-order chi connectivity index (χ1) is 17.0. The van der Waals surface area contributed by atoms with Gasteiger partial charge in [0.2, 0.25) is 21.8 Å². The molecule has 1 N–H and O–H groups in total. The van der Waals surface area contributed by atoms with E-state index in [1.807, 2.05) is 32.9 Å². The van der Waals surface area contributed by atoms with Crippen LogP contribution in [0.1, 0.15) is 52.0 Å². The van der Waals surface area contributed by atoms with E-state index < -0.39 is 16.1 Å². The van der Waals surface area contributed by atoms with E-state index in [2.05, 4.69) is 5.32 Å². The molecule has 0 aromatic heterocycles. The zero-order valence-electron chi connectivity index (χ0n) is 21.2. The molecule has 0 spiro atoms. The summed E-state index contributed by atoms with van der Waals surface area (Å²) in [5.74, 6) is -0.429. The van der Waals surface area contributed by atoms with Crippen LogP contribution in [-0.2, 0) is 26.2 Å². The lowest BCUT2D eigenvalue weighted by atomic mass is 10.1. The molecule has 2 aromatic rings. The van der Waals surface area contributed by atoms with Crippen molar-refractivity contribution in [1.82, 2.24) is 10.2 Å². The fraction of sp³-hybridized carbons (Fsp3) is 0.462. The quantitative estimate of drug-likeness (QED) is 0.365. The average molecular weight is 557 g/mol. The second-order valence-corrected chi connectivity index (χ2v) is 11.6. The Kier molecular flexibility index (Phi) is 11.5. The van der Waals surface area contributed by atoms with E-state index >= 15 is 0 Å². The fourth-order valence-electron chi connectivity index (χ4n) is 3.78. The number of carbonyl (C=O) groups excluding carboxylic acids is 2. The molecule has 0 aliphatic rings. The summed E-state index contributed by atoms with van der Waals surface area (Å²) in [5.41, 5.74) is 1.29. The standard InChI is InChI=1S/C26H35Cl2N3O4S/c1-5-19(3)29-26(33)24(6-2)30(18-20-12-14-21(27)15-13-20)25(32)11-8-16-31(36(4,34)35)23-10-7-9-22(28)17-23/h7,9-10,12-15,17,19,24H,5-6,8,11,16,18H2,1-4H3,(H,29,33). The van der Waals surface area contributed by atoms with Crippen molar-refractivity contribution in [3.63, 3.8) is 0 Å². The second kappa shape index (κ2) is 13.9. The summed E-state index contributed by atoms with van der Waals surface area (Å²) in [4.78, 5) is 28.0. The molecule has 2 unspecified atom stereocenters. The van der Waals surface area contributed by atoms with Gasteiger partial charge in [0.15, 0.2) is 0 Å². The van der Waals surface area contributed by atoms with Crippen LogP contribution in [0.4, 0.5) is 5.69 Å². The predicted octanol–water partition coefficient (Wildman–Crippen LogP) is 5.26. The first-order valence-corrected chi connectivity index (χ1v) is 14.6. The Hall–Kier alpha value is -2.29. The maximum absolute atomic E-state index is 13.4. The van der Waals surface area contributed by atoms with Crippen LogP contribution in [0.25, 0.3) is 0 Å². The lowest BCUT2D eigenvalue weighted by Crippen LogP contribution is -2.50. The maximum atomic E-state index is 13.4. The van der Waals surface area contributed by atoms with Gasteiger partial charge in [0.05, 0.1) is 11.9 Å². The number of anilines is 1. The molecule has 0 saturated heterocycles. The average Bonchev–Trinajstić information content (AvgIpc) is 2.81. The van der Waals surface area contributed by atoms with Gasteiger partial charge >= 0.3 is 0 Å². The van der Waals surface area contributed by atoms with Crippen LogP contribution >= 0.6 is 23.2 Å². The number of hydrogen-bond donors (Lipinski definition) is 1. The third kappa shape index (κ3) is 8.98. The smallest absolute Gasteiger partial charge is 0.243 e. The van der Waals surface area contributed by atoms with E-state index in [9.17, 15) is 18.0 Å². The highest BCUT2D eigenvalue weighted by atomic mass is 35.5. The number of nitrogens with zero attached hydrogens (tertiary/aromatic N) is 2. The molecule has 36 heavy (non-hydrogen) atoms. The molecule has 0 aliphatic heterocycles. The lowest BCUT2D eigenvalue weighted by Gasteiger charge is -2.32. The Balaban J connectivity index is 2.22. The minimum atomic E-state index is -3.58. The highest BCUT2D eigenvalue weighted by molar-refractivity contribution is 7.92. The van der Waals surface area contributed by atoms with Crippen LogP contribution in [0.2, 0.25) is 10.0 Å². The molecule has 7 nitrogen and oxygen atoms in total. The van der Waals surface area contributed by atoms with Gasteiger partial charge in [-0.3, -0.25) is 13.9 Å². The van der Waals surface area contributed by atoms with E-state index in [1.54, 1.807) is 41.3 Å². The van der Waals surface area contributed by atoms with Gasteiger partial charge in [-0.1, -0.05) is 55.2 Å². The molecule has 2 aromatic carbocycles.